The fourth-order valence-electron chi connectivity index (χ4n) is 4.10. The van der Waals surface area contributed by atoms with E-state index in [0.29, 0.717) is 36.7 Å². The molecule has 1 heterocycles. The molecule has 0 fully saturated rings. The van der Waals surface area contributed by atoms with Crippen LogP contribution in [-0.2, 0) is 11.2 Å². The number of amides is 3. The summed E-state index contributed by atoms with van der Waals surface area (Å²) in [7, 11) is 3.19. The third kappa shape index (κ3) is 7.45. The molecule has 2 aromatic rings. The highest BCUT2D eigenvalue weighted by atomic mass is 16.5. The molecule has 0 bridgehead atoms. The minimum Gasteiger partial charge on any atom is -0.493 e. The van der Waals surface area contributed by atoms with Crippen molar-refractivity contribution >= 4 is 23.3 Å². The van der Waals surface area contributed by atoms with Crippen molar-refractivity contribution in [3.05, 3.63) is 53.6 Å². The maximum Gasteiger partial charge on any atom is 0.319 e. The first-order valence-electron chi connectivity index (χ1n) is 12.4. The maximum absolute atomic E-state index is 12.9. The van der Waals surface area contributed by atoms with Gasteiger partial charge in [-0.2, -0.15) is 5.10 Å². The van der Waals surface area contributed by atoms with E-state index in [-0.39, 0.29) is 18.4 Å². The van der Waals surface area contributed by atoms with Gasteiger partial charge < -0.3 is 25.0 Å². The van der Waals surface area contributed by atoms with Gasteiger partial charge in [0.15, 0.2) is 11.5 Å². The first-order valence-corrected chi connectivity index (χ1v) is 12.4. The number of hydrogen-bond acceptors (Lipinski definition) is 6. The van der Waals surface area contributed by atoms with Crippen LogP contribution in [0.4, 0.5) is 10.5 Å². The highest BCUT2D eigenvalue weighted by molar-refractivity contribution is 6.03. The second kappa shape index (κ2) is 13.5. The van der Waals surface area contributed by atoms with Crippen molar-refractivity contribution in [3.8, 4) is 11.5 Å². The summed E-state index contributed by atoms with van der Waals surface area (Å²) in [5.74, 6) is 1.18. The molecule has 3 rings (SSSR count). The van der Waals surface area contributed by atoms with Crippen LogP contribution in [0.2, 0.25) is 0 Å². The Balaban J connectivity index is 1.53. The molecular formula is C27H37N5O4. The van der Waals surface area contributed by atoms with E-state index in [1.165, 1.54) is 5.01 Å². The summed E-state index contributed by atoms with van der Waals surface area (Å²) in [4.78, 5) is 27.5. The number of urea groups is 1. The van der Waals surface area contributed by atoms with Crippen molar-refractivity contribution in [2.75, 3.05) is 52.3 Å². The first-order chi connectivity index (χ1) is 17.5. The van der Waals surface area contributed by atoms with Crippen molar-refractivity contribution in [1.82, 2.24) is 15.2 Å². The van der Waals surface area contributed by atoms with Crippen LogP contribution in [0.1, 0.15) is 37.8 Å². The molecule has 36 heavy (non-hydrogen) atoms. The minimum atomic E-state index is -0.248. The monoisotopic (exact) mass is 495 g/mol. The average molecular weight is 496 g/mol. The molecule has 2 N–H and O–H groups in total. The van der Waals surface area contributed by atoms with Crippen molar-refractivity contribution in [2.45, 2.75) is 33.1 Å². The first kappa shape index (κ1) is 27.0. The molecule has 194 valence electrons. The number of nitrogens with zero attached hydrogens (tertiary/aromatic N) is 3. The van der Waals surface area contributed by atoms with Gasteiger partial charge in [-0.3, -0.25) is 4.79 Å². The Kier molecular flexibility index (Phi) is 10.1. The van der Waals surface area contributed by atoms with Crippen LogP contribution in [-0.4, -0.2) is 74.5 Å². The van der Waals surface area contributed by atoms with Crippen molar-refractivity contribution in [2.24, 2.45) is 5.10 Å². The summed E-state index contributed by atoms with van der Waals surface area (Å²) in [5, 5.41) is 11.8. The zero-order chi connectivity index (χ0) is 25.9. The summed E-state index contributed by atoms with van der Waals surface area (Å²) in [6.45, 7) is 8.37. The zero-order valence-electron chi connectivity index (χ0n) is 21.7. The molecule has 0 saturated heterocycles. The molecule has 2 aromatic carbocycles. The topological polar surface area (TPSA) is 95.5 Å². The van der Waals surface area contributed by atoms with E-state index < -0.39 is 0 Å². The Morgan fingerprint density at radius 3 is 2.56 bits per heavy atom. The number of carbonyl (C=O) groups is 2. The number of ether oxygens (including phenoxy) is 2. The summed E-state index contributed by atoms with van der Waals surface area (Å²) in [6, 6.07) is 12.7. The van der Waals surface area contributed by atoms with Gasteiger partial charge in [-0.1, -0.05) is 26.0 Å². The number of carbonyl (C=O) groups excluding carboxylic acids is 2. The molecule has 0 radical (unpaired) electrons. The Hall–Kier alpha value is -3.59. The third-order valence-corrected chi connectivity index (χ3v) is 6.18. The lowest BCUT2D eigenvalue weighted by atomic mass is 10.1. The standard InChI is InChI=1S/C27H37N5O4/c1-5-31(6-2)15-8-14-28-27(34)29-22-10-7-9-20(17-22)18-26(33)32-16-13-23(30-32)21-11-12-24(35-3)25(19-21)36-4/h7,9-12,17,19H,5-6,8,13-16,18H2,1-4H3,(H2,28,29,34). The van der Waals surface area contributed by atoms with Crippen LogP contribution in [0.15, 0.2) is 47.6 Å². The number of nitrogens with one attached hydrogen (secondary N) is 2. The predicted molar refractivity (Wildman–Crippen MR) is 142 cm³/mol. The number of anilines is 1. The molecule has 0 aliphatic carbocycles. The Morgan fingerprint density at radius 2 is 1.83 bits per heavy atom. The van der Waals surface area contributed by atoms with E-state index in [9.17, 15) is 9.59 Å². The molecular weight excluding hydrogens is 458 g/mol. The van der Waals surface area contributed by atoms with Crippen LogP contribution in [0.5, 0.6) is 11.5 Å². The van der Waals surface area contributed by atoms with Crippen molar-refractivity contribution < 1.29 is 19.1 Å². The fraction of sp³-hybridized carbons (Fsp3) is 0.444. The van der Waals surface area contributed by atoms with E-state index >= 15 is 0 Å². The molecule has 0 saturated carbocycles. The molecule has 0 unspecified atom stereocenters. The van der Waals surface area contributed by atoms with Gasteiger partial charge in [-0.05, 0) is 62.0 Å². The van der Waals surface area contributed by atoms with Crippen molar-refractivity contribution in [3.63, 3.8) is 0 Å². The molecule has 9 nitrogen and oxygen atoms in total. The second-order valence-electron chi connectivity index (χ2n) is 8.52. The van der Waals surface area contributed by atoms with Gasteiger partial charge >= 0.3 is 6.03 Å². The lowest BCUT2D eigenvalue weighted by Crippen LogP contribution is -2.32. The van der Waals surface area contributed by atoms with Gasteiger partial charge in [0.25, 0.3) is 0 Å². The van der Waals surface area contributed by atoms with Gasteiger partial charge in [-0.15, -0.1) is 0 Å². The average Bonchev–Trinajstić information content (AvgIpc) is 3.39. The number of rotatable bonds is 12. The van der Waals surface area contributed by atoms with Crippen LogP contribution >= 0.6 is 0 Å². The number of benzene rings is 2. The molecule has 3 amide bonds. The minimum absolute atomic E-state index is 0.0940. The maximum atomic E-state index is 12.9. The Labute approximate surface area is 213 Å². The van der Waals surface area contributed by atoms with Crippen LogP contribution in [0.25, 0.3) is 0 Å². The highest BCUT2D eigenvalue weighted by Crippen LogP contribution is 2.29. The summed E-state index contributed by atoms with van der Waals surface area (Å²) in [5.41, 5.74) is 3.20. The number of hydrazone groups is 1. The summed E-state index contributed by atoms with van der Waals surface area (Å²) in [6.07, 6.45) is 1.76. The van der Waals surface area contributed by atoms with E-state index in [4.69, 9.17) is 9.47 Å². The lowest BCUT2D eigenvalue weighted by molar-refractivity contribution is -0.130. The zero-order valence-corrected chi connectivity index (χ0v) is 21.7. The van der Waals surface area contributed by atoms with Gasteiger partial charge in [0.05, 0.1) is 32.9 Å². The van der Waals surface area contributed by atoms with Crippen LogP contribution < -0.4 is 20.1 Å². The van der Waals surface area contributed by atoms with E-state index in [2.05, 4.69) is 34.5 Å². The third-order valence-electron chi connectivity index (χ3n) is 6.18. The van der Waals surface area contributed by atoms with Crippen molar-refractivity contribution in [1.29, 1.82) is 0 Å². The number of methoxy groups -OCH3 is 2. The molecule has 0 aromatic heterocycles. The molecule has 9 heteroatoms. The largest absolute Gasteiger partial charge is 0.493 e. The SMILES string of the molecule is CCN(CC)CCCNC(=O)Nc1cccc(CC(=O)N2CCC(c3ccc(OC)c(OC)c3)=N2)c1. The lowest BCUT2D eigenvalue weighted by Gasteiger charge is -2.17. The highest BCUT2D eigenvalue weighted by Gasteiger charge is 2.22. The van der Waals surface area contributed by atoms with E-state index in [1.54, 1.807) is 14.2 Å². The molecule has 0 spiro atoms. The summed E-state index contributed by atoms with van der Waals surface area (Å²) >= 11 is 0. The van der Waals surface area contributed by atoms with Gasteiger partial charge in [0.1, 0.15) is 0 Å². The Morgan fingerprint density at radius 1 is 1.06 bits per heavy atom. The van der Waals surface area contributed by atoms with Gasteiger partial charge in [-0.25, -0.2) is 9.80 Å². The normalized spacial score (nSPS) is 12.9. The smallest absolute Gasteiger partial charge is 0.319 e. The summed E-state index contributed by atoms with van der Waals surface area (Å²) < 4.78 is 10.7. The van der Waals surface area contributed by atoms with Crippen LogP contribution in [0, 0.1) is 0 Å². The van der Waals surface area contributed by atoms with E-state index in [0.717, 1.165) is 42.9 Å². The van der Waals surface area contributed by atoms with Gasteiger partial charge in [0, 0.05) is 24.2 Å². The van der Waals surface area contributed by atoms with Crippen LogP contribution in [0.3, 0.4) is 0 Å². The van der Waals surface area contributed by atoms with Gasteiger partial charge in [0.2, 0.25) is 5.91 Å². The number of hydrogen-bond donors (Lipinski definition) is 2. The fourth-order valence-corrected chi connectivity index (χ4v) is 4.10. The molecule has 0 atom stereocenters. The quantitative estimate of drug-likeness (QED) is 0.438. The second-order valence-corrected chi connectivity index (χ2v) is 8.52. The molecule has 1 aliphatic rings. The molecule has 1 aliphatic heterocycles. The predicted octanol–water partition coefficient (Wildman–Crippen LogP) is 3.74. The van der Waals surface area contributed by atoms with E-state index in [1.807, 2.05) is 42.5 Å². The Bertz CT molecular complexity index is 1070.